The van der Waals surface area contributed by atoms with Crippen LogP contribution in [0.25, 0.3) is 22.0 Å². The first-order valence-corrected chi connectivity index (χ1v) is 17.0. The molecule has 1 aliphatic rings. The second kappa shape index (κ2) is 16.1. The molecule has 0 atom stereocenters. The first kappa shape index (κ1) is 35.5. The highest BCUT2D eigenvalue weighted by atomic mass is 35.5. The number of anilines is 4. The summed E-state index contributed by atoms with van der Waals surface area (Å²) in [6.07, 6.45) is 5.05. The molecule has 0 bridgehead atoms. The lowest BCUT2D eigenvalue weighted by atomic mass is 10.0. The maximum Gasteiger partial charge on any atom is 0.259 e. The molecule has 0 radical (unpaired) electrons. The predicted molar refractivity (Wildman–Crippen MR) is 204 cm³/mol. The highest BCUT2D eigenvalue weighted by molar-refractivity contribution is 6.35. The number of hydrogen-bond donors (Lipinski definition) is 2. The van der Waals surface area contributed by atoms with E-state index in [0.29, 0.717) is 51.2 Å². The zero-order valence-corrected chi connectivity index (χ0v) is 29.9. The number of rotatable bonds is 12. The van der Waals surface area contributed by atoms with Gasteiger partial charge in [-0.15, -0.1) is 0 Å². The van der Waals surface area contributed by atoms with Crippen molar-refractivity contribution in [3.8, 4) is 22.6 Å². The maximum atomic E-state index is 14.5. The summed E-state index contributed by atoms with van der Waals surface area (Å²) in [5.41, 5.74) is 4.65. The van der Waals surface area contributed by atoms with Crippen molar-refractivity contribution >= 4 is 51.3 Å². The number of pyridine rings is 2. The predicted octanol–water partition coefficient (Wildman–Crippen LogP) is 6.42. The lowest BCUT2D eigenvalue weighted by Gasteiger charge is -2.28. The van der Waals surface area contributed by atoms with Crippen LogP contribution in [0.2, 0.25) is 5.02 Å². The van der Waals surface area contributed by atoms with Crippen LogP contribution in [-0.2, 0) is 16.1 Å². The van der Waals surface area contributed by atoms with Gasteiger partial charge in [-0.05, 0) is 68.2 Å². The van der Waals surface area contributed by atoms with E-state index in [1.54, 1.807) is 42.1 Å². The molecular weight excluding hydrogens is 668 g/mol. The Morgan fingerprint density at radius 3 is 2.49 bits per heavy atom. The number of likely N-dealkylation sites (N-methyl/N-ethyl adjacent to an activating group) is 1. The molecule has 6 rings (SSSR count). The van der Waals surface area contributed by atoms with Crippen molar-refractivity contribution in [2.75, 3.05) is 76.7 Å². The molecule has 51 heavy (non-hydrogen) atoms. The number of methoxy groups -OCH3 is 2. The molecule has 3 aromatic carbocycles. The van der Waals surface area contributed by atoms with Crippen LogP contribution in [-0.4, -0.2) is 81.5 Å². The fourth-order valence-electron chi connectivity index (χ4n) is 5.94. The van der Waals surface area contributed by atoms with Gasteiger partial charge in [0.1, 0.15) is 17.3 Å². The summed E-state index contributed by atoms with van der Waals surface area (Å²) >= 11 is 6.79. The molecule has 11 nitrogen and oxygen atoms in total. The summed E-state index contributed by atoms with van der Waals surface area (Å²) in [7, 11) is 6.93. The third-order valence-electron chi connectivity index (χ3n) is 8.53. The summed E-state index contributed by atoms with van der Waals surface area (Å²) < 4.78 is 18.2. The summed E-state index contributed by atoms with van der Waals surface area (Å²) in [4.78, 5) is 36.1. The number of hydrogen-bond acceptors (Lipinski definition) is 9. The van der Waals surface area contributed by atoms with E-state index in [1.807, 2.05) is 61.5 Å². The Labute approximate surface area is 302 Å². The quantitative estimate of drug-likeness (QED) is 0.142. The van der Waals surface area contributed by atoms with E-state index in [0.717, 1.165) is 48.6 Å². The van der Waals surface area contributed by atoms with Crippen LogP contribution >= 0.6 is 11.6 Å². The number of fused-ring (bicyclic) bond motifs is 1. The molecule has 2 aromatic heterocycles. The number of aromatic nitrogens is 2. The molecule has 12 heteroatoms. The average Bonchev–Trinajstić information content (AvgIpc) is 3.13. The standard InChI is InChI=1S/C39H41ClN6O5/c1-44(2)14-6-9-37(47)43-29-8-5-7-26(19-29)25-46-34-23-36(42-28-10-12-30(13-11-28)45-15-17-51-18-16-45)41-24-27(34)20-33(39(46)48)32-21-31(49-3)22-35(50-4)38(32)40/h5-13,19-24H,14-18,25H2,1-4H3,(H,41,42)(H,43,47)/b9-6+. The van der Waals surface area contributed by atoms with Crippen molar-refractivity contribution < 1.29 is 19.0 Å². The lowest BCUT2D eigenvalue weighted by molar-refractivity contribution is -0.111. The summed E-state index contributed by atoms with van der Waals surface area (Å²) in [6, 6.07) is 22.7. The van der Waals surface area contributed by atoms with E-state index in [1.165, 1.54) is 13.2 Å². The molecule has 0 unspecified atom stereocenters. The molecule has 2 N–H and O–H groups in total. The van der Waals surface area contributed by atoms with Crippen molar-refractivity contribution in [3.05, 3.63) is 112 Å². The Balaban J connectivity index is 1.38. The number of amides is 1. The normalized spacial score (nSPS) is 13.2. The van der Waals surface area contributed by atoms with Gasteiger partial charge in [-0.25, -0.2) is 4.98 Å². The smallest absolute Gasteiger partial charge is 0.259 e. The lowest BCUT2D eigenvalue weighted by Crippen LogP contribution is -2.36. The monoisotopic (exact) mass is 708 g/mol. The van der Waals surface area contributed by atoms with Gasteiger partial charge in [-0.2, -0.15) is 0 Å². The Morgan fingerprint density at radius 2 is 1.76 bits per heavy atom. The zero-order valence-electron chi connectivity index (χ0n) is 29.1. The molecule has 1 amide bonds. The number of carbonyl (C=O) groups excluding carboxylic acids is 1. The van der Waals surface area contributed by atoms with Crippen LogP contribution in [0.15, 0.2) is 95.9 Å². The molecule has 3 heterocycles. The molecule has 264 valence electrons. The second-order valence-electron chi connectivity index (χ2n) is 12.4. The summed E-state index contributed by atoms with van der Waals surface area (Å²) in [6.45, 7) is 4.00. The fourth-order valence-corrected chi connectivity index (χ4v) is 6.22. The highest BCUT2D eigenvalue weighted by Gasteiger charge is 2.19. The molecule has 0 aliphatic carbocycles. The number of halogens is 1. The van der Waals surface area contributed by atoms with Gasteiger partial charge in [0.2, 0.25) is 5.91 Å². The van der Waals surface area contributed by atoms with Gasteiger partial charge in [0.05, 0.1) is 44.5 Å². The summed E-state index contributed by atoms with van der Waals surface area (Å²) in [5, 5.41) is 7.33. The van der Waals surface area contributed by atoms with Gasteiger partial charge in [0, 0.05) is 77.6 Å². The van der Waals surface area contributed by atoms with Gasteiger partial charge in [0.15, 0.2) is 0 Å². The Morgan fingerprint density at radius 1 is 0.980 bits per heavy atom. The van der Waals surface area contributed by atoms with E-state index >= 15 is 0 Å². The number of carbonyl (C=O) groups is 1. The second-order valence-corrected chi connectivity index (χ2v) is 12.8. The number of nitrogens with zero attached hydrogens (tertiary/aromatic N) is 4. The summed E-state index contributed by atoms with van der Waals surface area (Å²) in [5.74, 6) is 1.23. The highest BCUT2D eigenvalue weighted by Crippen LogP contribution is 2.39. The van der Waals surface area contributed by atoms with Crippen LogP contribution in [0.3, 0.4) is 0 Å². The molecule has 1 aliphatic heterocycles. The number of benzene rings is 3. The molecule has 1 saturated heterocycles. The molecule has 1 fully saturated rings. The molecule has 5 aromatic rings. The SMILES string of the molecule is COc1cc(OC)c(Cl)c(-c2cc3cnc(Nc4ccc(N5CCOCC5)cc4)cc3n(Cc3cccc(NC(=O)/C=C/CN(C)C)c3)c2=O)c1. The Kier molecular flexibility index (Phi) is 11.2. The first-order chi connectivity index (χ1) is 24.7. The van der Waals surface area contributed by atoms with Crippen LogP contribution < -0.4 is 30.6 Å². The zero-order chi connectivity index (χ0) is 35.9. The van der Waals surface area contributed by atoms with Crippen LogP contribution in [0.4, 0.5) is 22.9 Å². The minimum atomic E-state index is -0.271. The van der Waals surface area contributed by atoms with E-state index < -0.39 is 0 Å². The minimum absolute atomic E-state index is 0.208. The van der Waals surface area contributed by atoms with Gasteiger partial charge >= 0.3 is 0 Å². The van der Waals surface area contributed by atoms with Crippen LogP contribution in [0.1, 0.15) is 5.56 Å². The Hall–Kier alpha value is -5.36. The van der Waals surface area contributed by atoms with E-state index in [-0.39, 0.29) is 18.0 Å². The van der Waals surface area contributed by atoms with Crippen molar-refractivity contribution in [3.63, 3.8) is 0 Å². The van der Waals surface area contributed by atoms with Crippen LogP contribution in [0.5, 0.6) is 11.5 Å². The topological polar surface area (TPSA) is 110 Å². The number of ether oxygens (including phenoxy) is 3. The van der Waals surface area contributed by atoms with Crippen molar-refractivity contribution in [2.24, 2.45) is 0 Å². The van der Waals surface area contributed by atoms with E-state index in [2.05, 4.69) is 27.7 Å². The molecule has 0 saturated carbocycles. The van der Waals surface area contributed by atoms with Gasteiger partial charge < -0.3 is 39.2 Å². The first-order valence-electron chi connectivity index (χ1n) is 16.6. The minimum Gasteiger partial charge on any atom is -0.497 e. The van der Waals surface area contributed by atoms with Crippen molar-refractivity contribution in [2.45, 2.75) is 6.54 Å². The molecular formula is C39H41ClN6O5. The van der Waals surface area contributed by atoms with Gasteiger partial charge in [-0.1, -0.05) is 29.8 Å². The fraction of sp³-hybridized carbons (Fsp3) is 0.256. The van der Waals surface area contributed by atoms with Crippen molar-refractivity contribution in [1.82, 2.24) is 14.5 Å². The number of nitrogens with one attached hydrogen (secondary N) is 2. The largest absolute Gasteiger partial charge is 0.497 e. The third kappa shape index (κ3) is 8.51. The van der Waals surface area contributed by atoms with Gasteiger partial charge in [-0.3, -0.25) is 9.59 Å². The van der Waals surface area contributed by atoms with Crippen molar-refractivity contribution in [1.29, 1.82) is 0 Å². The maximum absolute atomic E-state index is 14.5. The van der Waals surface area contributed by atoms with E-state index in [4.69, 9.17) is 30.8 Å². The number of morpholine rings is 1. The van der Waals surface area contributed by atoms with Crippen LogP contribution in [0, 0.1) is 0 Å². The Bertz CT molecular complexity index is 2110. The van der Waals surface area contributed by atoms with E-state index in [9.17, 15) is 9.59 Å². The average molecular weight is 709 g/mol. The third-order valence-corrected chi connectivity index (χ3v) is 8.92. The molecule has 0 spiro atoms. The van der Waals surface area contributed by atoms with Gasteiger partial charge in [0.25, 0.3) is 5.56 Å².